The number of hydrogen-bond acceptors (Lipinski definition) is 2. The molecule has 0 aliphatic rings. The van der Waals surface area contributed by atoms with E-state index in [1.54, 1.807) is 11.9 Å². The summed E-state index contributed by atoms with van der Waals surface area (Å²) >= 11 is 0. The molecule has 1 aromatic rings. The highest BCUT2D eigenvalue weighted by molar-refractivity contribution is 5.75. The third kappa shape index (κ3) is 2.76. The van der Waals surface area contributed by atoms with E-state index >= 15 is 0 Å². The van der Waals surface area contributed by atoms with E-state index in [2.05, 4.69) is 5.43 Å². The van der Waals surface area contributed by atoms with Gasteiger partial charge in [-0.2, -0.15) is 0 Å². The van der Waals surface area contributed by atoms with Crippen LogP contribution >= 0.6 is 0 Å². The Morgan fingerprint density at radius 3 is 2.29 bits per heavy atom. The molecule has 76 valence electrons. The van der Waals surface area contributed by atoms with Crippen molar-refractivity contribution in [1.82, 2.24) is 5.01 Å². The van der Waals surface area contributed by atoms with Gasteiger partial charge in [0, 0.05) is 13.0 Å². The van der Waals surface area contributed by atoms with Crippen molar-refractivity contribution >= 4 is 11.6 Å². The van der Waals surface area contributed by atoms with Gasteiger partial charge >= 0.3 is 0 Å². The molecule has 3 heteroatoms. The van der Waals surface area contributed by atoms with Crippen LogP contribution in [0.2, 0.25) is 0 Å². The Hall–Kier alpha value is -1.51. The van der Waals surface area contributed by atoms with Gasteiger partial charge in [-0.25, -0.2) is 0 Å². The number of rotatable bonds is 3. The molecule has 3 nitrogen and oxygen atoms in total. The lowest BCUT2D eigenvalue weighted by atomic mass is 10.3. The number of carbonyl (C=O) groups excluding carboxylic acids is 1. The van der Waals surface area contributed by atoms with Crippen molar-refractivity contribution in [2.75, 3.05) is 5.43 Å². The first-order chi connectivity index (χ1) is 6.61. The first-order valence-corrected chi connectivity index (χ1v) is 4.72. The second-order valence-electron chi connectivity index (χ2n) is 3.46. The van der Waals surface area contributed by atoms with Crippen LogP contribution in [0.25, 0.3) is 0 Å². The summed E-state index contributed by atoms with van der Waals surface area (Å²) in [5.41, 5.74) is 3.99. The molecule has 0 aliphatic carbocycles. The minimum Gasteiger partial charge on any atom is -0.296 e. The standard InChI is InChI=1S/C11H16N2O/c1-9(2)13(10(3)14)12-11-7-5-4-6-8-11/h4-9,12H,1-3H3. The van der Waals surface area contributed by atoms with E-state index in [0.29, 0.717) is 0 Å². The number of nitrogens with zero attached hydrogens (tertiary/aromatic N) is 1. The molecule has 0 spiro atoms. The first kappa shape index (κ1) is 10.6. The molecule has 0 heterocycles. The van der Waals surface area contributed by atoms with Crippen LogP contribution in [0.4, 0.5) is 5.69 Å². The number of amides is 1. The number of carbonyl (C=O) groups is 1. The van der Waals surface area contributed by atoms with Gasteiger partial charge in [-0.3, -0.25) is 15.2 Å². The zero-order chi connectivity index (χ0) is 10.6. The number of anilines is 1. The SMILES string of the molecule is CC(=O)N(Nc1ccccc1)C(C)C. The number of benzene rings is 1. The summed E-state index contributed by atoms with van der Waals surface area (Å²) < 4.78 is 0. The predicted octanol–water partition coefficient (Wildman–Crippen LogP) is 2.27. The van der Waals surface area contributed by atoms with Gasteiger partial charge in [-0.15, -0.1) is 0 Å². The van der Waals surface area contributed by atoms with E-state index in [-0.39, 0.29) is 11.9 Å². The summed E-state index contributed by atoms with van der Waals surface area (Å²) in [4.78, 5) is 11.3. The zero-order valence-electron chi connectivity index (χ0n) is 8.82. The zero-order valence-corrected chi connectivity index (χ0v) is 8.82. The maximum atomic E-state index is 11.3. The normalized spacial score (nSPS) is 10.0. The Morgan fingerprint density at radius 2 is 1.86 bits per heavy atom. The Morgan fingerprint density at radius 1 is 1.29 bits per heavy atom. The van der Waals surface area contributed by atoms with E-state index < -0.39 is 0 Å². The quantitative estimate of drug-likeness (QED) is 0.745. The Kier molecular flexibility index (Phi) is 3.51. The Balaban J connectivity index is 2.70. The molecule has 1 N–H and O–H groups in total. The molecule has 0 saturated carbocycles. The molecule has 0 aliphatic heterocycles. The monoisotopic (exact) mass is 192 g/mol. The van der Waals surface area contributed by atoms with Crippen molar-refractivity contribution in [3.05, 3.63) is 30.3 Å². The van der Waals surface area contributed by atoms with Crippen LogP contribution in [0.1, 0.15) is 20.8 Å². The molecule has 0 radical (unpaired) electrons. The minimum atomic E-state index is 0.0175. The second kappa shape index (κ2) is 4.65. The maximum absolute atomic E-state index is 11.3. The lowest BCUT2D eigenvalue weighted by Crippen LogP contribution is -2.39. The highest BCUT2D eigenvalue weighted by atomic mass is 16.2. The highest BCUT2D eigenvalue weighted by Crippen LogP contribution is 2.08. The van der Waals surface area contributed by atoms with Gasteiger partial charge in [-0.05, 0) is 26.0 Å². The van der Waals surface area contributed by atoms with E-state index in [1.807, 2.05) is 44.2 Å². The van der Waals surface area contributed by atoms with Gasteiger partial charge in [-0.1, -0.05) is 18.2 Å². The number of nitrogens with one attached hydrogen (secondary N) is 1. The van der Waals surface area contributed by atoms with Crippen LogP contribution in [-0.4, -0.2) is 17.0 Å². The van der Waals surface area contributed by atoms with Gasteiger partial charge in [0.15, 0.2) is 0 Å². The fourth-order valence-corrected chi connectivity index (χ4v) is 1.22. The molecule has 0 unspecified atom stereocenters. The van der Waals surface area contributed by atoms with E-state index in [0.717, 1.165) is 5.69 Å². The highest BCUT2D eigenvalue weighted by Gasteiger charge is 2.11. The summed E-state index contributed by atoms with van der Waals surface area (Å²) in [5, 5.41) is 1.61. The van der Waals surface area contributed by atoms with Gasteiger partial charge in [0.1, 0.15) is 0 Å². The molecule has 1 amide bonds. The lowest BCUT2D eigenvalue weighted by Gasteiger charge is -2.26. The summed E-state index contributed by atoms with van der Waals surface area (Å²) in [5.74, 6) is 0.0175. The van der Waals surface area contributed by atoms with Crippen molar-refractivity contribution in [2.45, 2.75) is 26.8 Å². The molecule has 0 fully saturated rings. The fraction of sp³-hybridized carbons (Fsp3) is 0.364. The number of hydrazine groups is 1. The molecule has 0 saturated heterocycles. The van der Waals surface area contributed by atoms with Crippen molar-refractivity contribution < 1.29 is 4.79 Å². The van der Waals surface area contributed by atoms with E-state index in [1.165, 1.54) is 0 Å². The van der Waals surface area contributed by atoms with Crippen LogP contribution in [0.3, 0.4) is 0 Å². The van der Waals surface area contributed by atoms with Gasteiger partial charge in [0.25, 0.3) is 0 Å². The van der Waals surface area contributed by atoms with Crippen molar-refractivity contribution in [3.63, 3.8) is 0 Å². The van der Waals surface area contributed by atoms with Gasteiger partial charge in [0.05, 0.1) is 5.69 Å². The summed E-state index contributed by atoms with van der Waals surface area (Å²) in [6, 6.07) is 9.81. The number of para-hydroxylation sites is 1. The molecule has 14 heavy (non-hydrogen) atoms. The molecular weight excluding hydrogens is 176 g/mol. The number of hydrogen-bond donors (Lipinski definition) is 1. The fourth-order valence-electron chi connectivity index (χ4n) is 1.22. The predicted molar refractivity (Wildman–Crippen MR) is 57.7 cm³/mol. The van der Waals surface area contributed by atoms with Crippen molar-refractivity contribution in [2.24, 2.45) is 0 Å². The average Bonchev–Trinajstić information content (AvgIpc) is 2.15. The largest absolute Gasteiger partial charge is 0.296 e. The van der Waals surface area contributed by atoms with Crippen molar-refractivity contribution in [1.29, 1.82) is 0 Å². The average molecular weight is 192 g/mol. The van der Waals surface area contributed by atoms with Crippen molar-refractivity contribution in [3.8, 4) is 0 Å². The van der Waals surface area contributed by atoms with Crippen LogP contribution in [-0.2, 0) is 4.79 Å². The summed E-state index contributed by atoms with van der Waals surface area (Å²) in [6.45, 7) is 5.49. The lowest BCUT2D eigenvalue weighted by molar-refractivity contribution is -0.128. The molecule has 1 rings (SSSR count). The smallest absolute Gasteiger partial charge is 0.238 e. The Bertz CT molecular complexity index is 295. The Labute approximate surface area is 84.7 Å². The molecule has 0 bridgehead atoms. The van der Waals surface area contributed by atoms with Crippen LogP contribution < -0.4 is 5.43 Å². The second-order valence-corrected chi connectivity index (χ2v) is 3.46. The van der Waals surface area contributed by atoms with Crippen LogP contribution in [0.5, 0.6) is 0 Å². The topological polar surface area (TPSA) is 32.3 Å². The molecule has 0 aromatic heterocycles. The van der Waals surface area contributed by atoms with Gasteiger partial charge < -0.3 is 0 Å². The third-order valence-electron chi connectivity index (χ3n) is 1.88. The van der Waals surface area contributed by atoms with E-state index in [4.69, 9.17) is 0 Å². The van der Waals surface area contributed by atoms with Crippen LogP contribution in [0, 0.1) is 0 Å². The maximum Gasteiger partial charge on any atom is 0.238 e. The summed E-state index contributed by atoms with van der Waals surface area (Å²) in [7, 11) is 0. The molecular formula is C11H16N2O. The van der Waals surface area contributed by atoms with E-state index in [9.17, 15) is 4.79 Å². The third-order valence-corrected chi connectivity index (χ3v) is 1.88. The molecule has 0 atom stereocenters. The van der Waals surface area contributed by atoms with Crippen LogP contribution in [0.15, 0.2) is 30.3 Å². The first-order valence-electron chi connectivity index (χ1n) is 4.72. The minimum absolute atomic E-state index is 0.0175. The van der Waals surface area contributed by atoms with Gasteiger partial charge in [0.2, 0.25) is 5.91 Å². The molecule has 1 aromatic carbocycles. The summed E-state index contributed by atoms with van der Waals surface area (Å²) in [6.07, 6.45) is 0.